The topological polar surface area (TPSA) is 12.0 Å². The van der Waals surface area contributed by atoms with Gasteiger partial charge in [0.25, 0.3) is 0 Å². The van der Waals surface area contributed by atoms with Crippen molar-refractivity contribution in [3.05, 3.63) is 71.3 Å². The zero-order valence-corrected chi connectivity index (χ0v) is 11.2. The average Bonchev–Trinajstić information content (AvgIpc) is 2.38. The van der Waals surface area contributed by atoms with E-state index in [2.05, 4.69) is 24.0 Å². The molecule has 1 nitrogen and oxygen atoms in total. The second kappa shape index (κ2) is 5.74. The van der Waals surface area contributed by atoms with Gasteiger partial charge in [0.2, 0.25) is 0 Å². The summed E-state index contributed by atoms with van der Waals surface area (Å²) in [5.41, 5.74) is 4.47. The van der Waals surface area contributed by atoms with Crippen LogP contribution in [0.4, 0.5) is 5.69 Å². The van der Waals surface area contributed by atoms with E-state index in [0.717, 1.165) is 34.0 Å². The van der Waals surface area contributed by atoms with Gasteiger partial charge in [0, 0.05) is 17.3 Å². The molecule has 0 bridgehead atoms. The summed E-state index contributed by atoms with van der Waals surface area (Å²) >= 11 is 5.93. The van der Waals surface area contributed by atoms with Gasteiger partial charge in [-0.2, -0.15) is 0 Å². The molecule has 0 aliphatic carbocycles. The van der Waals surface area contributed by atoms with E-state index in [9.17, 15) is 0 Å². The SMILES string of the molecule is C=C(CNc1ccc(Cl)cc1C)c1ccccc1. The lowest BCUT2D eigenvalue weighted by atomic mass is 10.1. The van der Waals surface area contributed by atoms with Crippen molar-refractivity contribution in [2.45, 2.75) is 6.92 Å². The summed E-state index contributed by atoms with van der Waals surface area (Å²) < 4.78 is 0. The van der Waals surface area contributed by atoms with Gasteiger partial charge < -0.3 is 5.32 Å². The molecule has 0 atom stereocenters. The number of benzene rings is 2. The molecule has 0 heterocycles. The fourth-order valence-electron chi connectivity index (χ4n) is 1.80. The van der Waals surface area contributed by atoms with E-state index in [1.165, 1.54) is 0 Å². The highest BCUT2D eigenvalue weighted by atomic mass is 35.5. The van der Waals surface area contributed by atoms with Crippen LogP contribution in [0.15, 0.2) is 55.1 Å². The summed E-state index contributed by atoms with van der Waals surface area (Å²) in [7, 11) is 0. The van der Waals surface area contributed by atoms with E-state index in [0.29, 0.717) is 0 Å². The number of aryl methyl sites for hydroxylation is 1. The summed E-state index contributed by atoms with van der Waals surface area (Å²) in [6.45, 7) is 6.87. The highest BCUT2D eigenvalue weighted by molar-refractivity contribution is 6.30. The van der Waals surface area contributed by atoms with Gasteiger partial charge in [-0.1, -0.05) is 48.5 Å². The van der Waals surface area contributed by atoms with Crippen LogP contribution in [-0.4, -0.2) is 6.54 Å². The van der Waals surface area contributed by atoms with Crippen LogP contribution in [-0.2, 0) is 0 Å². The average molecular weight is 258 g/mol. The van der Waals surface area contributed by atoms with Crippen LogP contribution in [0.25, 0.3) is 5.57 Å². The molecule has 2 rings (SSSR count). The molecular weight excluding hydrogens is 242 g/mol. The molecule has 0 aliphatic rings. The Labute approximate surface area is 113 Å². The first-order chi connectivity index (χ1) is 8.66. The van der Waals surface area contributed by atoms with E-state index in [4.69, 9.17) is 11.6 Å². The maximum atomic E-state index is 5.93. The molecule has 0 amide bonds. The zero-order valence-electron chi connectivity index (χ0n) is 10.4. The van der Waals surface area contributed by atoms with E-state index in [1.807, 2.05) is 43.3 Å². The Bertz CT molecular complexity index is 546. The predicted octanol–water partition coefficient (Wildman–Crippen LogP) is 4.77. The molecule has 0 saturated heterocycles. The van der Waals surface area contributed by atoms with E-state index in [-0.39, 0.29) is 0 Å². The van der Waals surface area contributed by atoms with Crippen molar-refractivity contribution in [3.8, 4) is 0 Å². The molecule has 2 aromatic rings. The van der Waals surface area contributed by atoms with Crippen LogP contribution in [0.1, 0.15) is 11.1 Å². The Hall–Kier alpha value is -1.73. The molecule has 2 aromatic carbocycles. The maximum absolute atomic E-state index is 5.93. The van der Waals surface area contributed by atoms with Gasteiger partial charge in [0.15, 0.2) is 0 Å². The van der Waals surface area contributed by atoms with Crippen molar-refractivity contribution in [2.24, 2.45) is 0 Å². The normalized spacial score (nSPS) is 10.1. The molecule has 1 N–H and O–H groups in total. The first-order valence-electron chi connectivity index (χ1n) is 5.90. The van der Waals surface area contributed by atoms with Crippen molar-refractivity contribution in [1.82, 2.24) is 0 Å². The highest BCUT2D eigenvalue weighted by Gasteiger charge is 2.01. The summed E-state index contributed by atoms with van der Waals surface area (Å²) in [4.78, 5) is 0. The quantitative estimate of drug-likeness (QED) is 0.832. The molecule has 0 spiro atoms. The lowest BCUT2D eigenvalue weighted by Gasteiger charge is -2.11. The third-order valence-electron chi connectivity index (χ3n) is 2.86. The van der Waals surface area contributed by atoms with Crippen LogP contribution in [0.2, 0.25) is 5.02 Å². The smallest absolute Gasteiger partial charge is 0.0410 e. The van der Waals surface area contributed by atoms with Gasteiger partial charge in [-0.05, 0) is 41.8 Å². The summed E-state index contributed by atoms with van der Waals surface area (Å²) in [5.74, 6) is 0. The number of halogens is 1. The Balaban J connectivity index is 2.02. The molecule has 0 aromatic heterocycles. The third kappa shape index (κ3) is 3.14. The maximum Gasteiger partial charge on any atom is 0.0410 e. The van der Waals surface area contributed by atoms with Gasteiger partial charge in [-0.3, -0.25) is 0 Å². The number of hydrogen-bond donors (Lipinski definition) is 1. The Morgan fingerprint density at radius 3 is 2.56 bits per heavy atom. The lowest BCUT2D eigenvalue weighted by Crippen LogP contribution is -2.04. The van der Waals surface area contributed by atoms with Crippen LogP contribution < -0.4 is 5.32 Å². The fraction of sp³-hybridized carbons (Fsp3) is 0.125. The molecule has 2 heteroatoms. The number of anilines is 1. The Kier molecular flexibility index (Phi) is 4.06. The molecule has 18 heavy (non-hydrogen) atoms. The van der Waals surface area contributed by atoms with E-state index in [1.54, 1.807) is 0 Å². The molecular formula is C16H16ClN. The van der Waals surface area contributed by atoms with Crippen molar-refractivity contribution >= 4 is 22.9 Å². The molecule has 0 aliphatic heterocycles. The van der Waals surface area contributed by atoms with Crippen molar-refractivity contribution in [2.75, 3.05) is 11.9 Å². The van der Waals surface area contributed by atoms with E-state index < -0.39 is 0 Å². The Morgan fingerprint density at radius 2 is 1.89 bits per heavy atom. The first kappa shape index (κ1) is 12.7. The molecule has 0 unspecified atom stereocenters. The van der Waals surface area contributed by atoms with Crippen LogP contribution in [0.5, 0.6) is 0 Å². The van der Waals surface area contributed by atoms with Crippen molar-refractivity contribution in [1.29, 1.82) is 0 Å². The van der Waals surface area contributed by atoms with Gasteiger partial charge in [-0.15, -0.1) is 0 Å². The monoisotopic (exact) mass is 257 g/mol. The Morgan fingerprint density at radius 1 is 1.17 bits per heavy atom. The van der Waals surface area contributed by atoms with Crippen LogP contribution in [0, 0.1) is 6.92 Å². The second-order valence-corrected chi connectivity index (χ2v) is 4.72. The lowest BCUT2D eigenvalue weighted by molar-refractivity contribution is 1.31. The second-order valence-electron chi connectivity index (χ2n) is 4.28. The molecule has 0 fully saturated rings. The highest BCUT2D eigenvalue weighted by Crippen LogP contribution is 2.20. The zero-order chi connectivity index (χ0) is 13.0. The minimum atomic E-state index is 0.729. The van der Waals surface area contributed by atoms with Crippen LogP contribution >= 0.6 is 11.6 Å². The van der Waals surface area contributed by atoms with Gasteiger partial charge >= 0.3 is 0 Å². The minimum Gasteiger partial charge on any atom is -0.381 e. The van der Waals surface area contributed by atoms with E-state index >= 15 is 0 Å². The fourth-order valence-corrected chi connectivity index (χ4v) is 2.03. The predicted molar refractivity (Wildman–Crippen MR) is 80.2 cm³/mol. The number of hydrogen-bond acceptors (Lipinski definition) is 1. The minimum absolute atomic E-state index is 0.729. The van der Waals surface area contributed by atoms with Gasteiger partial charge in [-0.25, -0.2) is 0 Å². The molecule has 92 valence electrons. The number of rotatable bonds is 4. The standard InChI is InChI=1S/C16H16ClN/c1-12-10-15(17)8-9-16(12)18-11-13(2)14-6-4-3-5-7-14/h3-10,18H,2,11H2,1H3. The molecule has 0 radical (unpaired) electrons. The largest absolute Gasteiger partial charge is 0.381 e. The molecule has 0 saturated carbocycles. The third-order valence-corrected chi connectivity index (χ3v) is 3.10. The van der Waals surface area contributed by atoms with Crippen molar-refractivity contribution in [3.63, 3.8) is 0 Å². The first-order valence-corrected chi connectivity index (χ1v) is 6.28. The van der Waals surface area contributed by atoms with Gasteiger partial charge in [0.05, 0.1) is 0 Å². The number of nitrogens with one attached hydrogen (secondary N) is 1. The summed E-state index contributed by atoms with van der Waals surface area (Å²) in [6.07, 6.45) is 0. The summed E-state index contributed by atoms with van der Waals surface area (Å²) in [6, 6.07) is 16.0. The van der Waals surface area contributed by atoms with Crippen LogP contribution in [0.3, 0.4) is 0 Å². The van der Waals surface area contributed by atoms with Crippen molar-refractivity contribution < 1.29 is 0 Å². The van der Waals surface area contributed by atoms with Gasteiger partial charge in [0.1, 0.15) is 0 Å². The summed E-state index contributed by atoms with van der Waals surface area (Å²) in [5, 5.41) is 4.14.